The van der Waals surface area contributed by atoms with Crippen LogP contribution < -0.4 is 10.6 Å². The van der Waals surface area contributed by atoms with Gasteiger partial charge in [-0.15, -0.1) is 0 Å². The highest BCUT2D eigenvalue weighted by Crippen LogP contribution is 2.25. The van der Waals surface area contributed by atoms with Crippen LogP contribution in [-0.4, -0.2) is 37.9 Å². The van der Waals surface area contributed by atoms with Gasteiger partial charge in [-0.3, -0.25) is 0 Å². The molecule has 1 atom stereocenters. The highest BCUT2D eigenvalue weighted by molar-refractivity contribution is 7.89. The second-order valence-corrected chi connectivity index (χ2v) is 8.49. The third kappa shape index (κ3) is 4.68. The summed E-state index contributed by atoms with van der Waals surface area (Å²) in [7, 11) is -3.69. The number of rotatable bonds is 5. The number of carbonyl (C=O) groups is 1. The molecule has 7 nitrogen and oxygen atoms in total. The molecule has 1 unspecified atom stereocenters. The van der Waals surface area contributed by atoms with E-state index in [0.29, 0.717) is 24.2 Å². The maximum absolute atomic E-state index is 13.0. The minimum atomic E-state index is -3.69. The number of benzene rings is 2. The summed E-state index contributed by atoms with van der Waals surface area (Å²) < 4.78 is 27.6. The number of amides is 2. The van der Waals surface area contributed by atoms with Crippen LogP contribution in [0.25, 0.3) is 0 Å². The van der Waals surface area contributed by atoms with Gasteiger partial charge in [0.25, 0.3) is 0 Å². The van der Waals surface area contributed by atoms with Crippen molar-refractivity contribution >= 4 is 21.7 Å². The minimum Gasteiger partial charge on any atom is -0.336 e. The van der Waals surface area contributed by atoms with Gasteiger partial charge in [-0.1, -0.05) is 24.6 Å². The first kappa shape index (κ1) is 19.9. The zero-order valence-corrected chi connectivity index (χ0v) is 16.2. The van der Waals surface area contributed by atoms with Crippen LogP contribution in [-0.2, 0) is 10.0 Å². The first-order chi connectivity index (χ1) is 13.5. The number of sulfonamides is 1. The molecule has 2 aromatic carbocycles. The van der Waals surface area contributed by atoms with Gasteiger partial charge in [0.1, 0.15) is 0 Å². The maximum Gasteiger partial charge on any atom is 0.319 e. The SMILES string of the molecule is N#Cc1ccc(S(=O)(=O)N2CCCCC2CNC(=O)Nc2ccccc2)cc1. The zero-order valence-electron chi connectivity index (χ0n) is 15.3. The van der Waals surface area contributed by atoms with Gasteiger partial charge in [0.15, 0.2) is 0 Å². The van der Waals surface area contributed by atoms with Crippen LogP contribution in [0.4, 0.5) is 10.5 Å². The van der Waals surface area contributed by atoms with Gasteiger partial charge < -0.3 is 10.6 Å². The number of piperidine rings is 1. The Balaban J connectivity index is 1.67. The summed E-state index contributed by atoms with van der Waals surface area (Å²) in [5.41, 5.74) is 1.08. The molecule has 1 fully saturated rings. The van der Waals surface area contributed by atoms with Crippen molar-refractivity contribution < 1.29 is 13.2 Å². The van der Waals surface area contributed by atoms with E-state index >= 15 is 0 Å². The highest BCUT2D eigenvalue weighted by Gasteiger charge is 2.33. The Hall–Kier alpha value is -2.89. The van der Waals surface area contributed by atoms with Crippen LogP contribution >= 0.6 is 0 Å². The molecule has 28 heavy (non-hydrogen) atoms. The Morgan fingerprint density at radius 2 is 1.82 bits per heavy atom. The number of hydrogen-bond donors (Lipinski definition) is 2. The predicted octanol–water partition coefficient (Wildman–Crippen LogP) is 2.92. The Morgan fingerprint density at radius 3 is 2.50 bits per heavy atom. The van der Waals surface area contributed by atoms with Gasteiger partial charge in [-0.2, -0.15) is 9.57 Å². The second kappa shape index (κ2) is 8.87. The largest absolute Gasteiger partial charge is 0.336 e. The third-order valence-electron chi connectivity index (χ3n) is 4.69. The van der Waals surface area contributed by atoms with Gasteiger partial charge in [0.2, 0.25) is 10.0 Å². The lowest BCUT2D eigenvalue weighted by Gasteiger charge is -2.34. The molecule has 0 aromatic heterocycles. The van der Waals surface area contributed by atoms with Crippen LogP contribution in [0.15, 0.2) is 59.5 Å². The van der Waals surface area contributed by atoms with Crippen molar-refractivity contribution in [3.63, 3.8) is 0 Å². The molecule has 0 bridgehead atoms. The number of nitrogens with one attached hydrogen (secondary N) is 2. The fraction of sp³-hybridized carbons (Fsp3) is 0.300. The second-order valence-electron chi connectivity index (χ2n) is 6.60. The van der Waals surface area contributed by atoms with E-state index < -0.39 is 10.0 Å². The van der Waals surface area contributed by atoms with E-state index in [1.54, 1.807) is 12.1 Å². The zero-order chi connectivity index (χ0) is 20.0. The molecule has 1 aliphatic heterocycles. The summed E-state index contributed by atoms with van der Waals surface area (Å²) in [6, 6.07) is 16.3. The fourth-order valence-electron chi connectivity index (χ4n) is 3.24. The van der Waals surface area contributed by atoms with E-state index in [9.17, 15) is 13.2 Å². The van der Waals surface area contributed by atoms with Crippen LogP contribution in [0.3, 0.4) is 0 Å². The van der Waals surface area contributed by atoms with Gasteiger partial charge in [0, 0.05) is 24.8 Å². The molecule has 2 amide bonds. The number of para-hydroxylation sites is 1. The molecule has 2 N–H and O–H groups in total. The number of urea groups is 1. The first-order valence-electron chi connectivity index (χ1n) is 9.12. The normalized spacial score (nSPS) is 17.5. The topological polar surface area (TPSA) is 102 Å². The molecule has 2 aromatic rings. The van der Waals surface area contributed by atoms with Crippen LogP contribution in [0.1, 0.15) is 24.8 Å². The first-order valence-corrected chi connectivity index (χ1v) is 10.6. The number of hydrogen-bond acceptors (Lipinski definition) is 4. The minimum absolute atomic E-state index is 0.159. The van der Waals surface area contributed by atoms with Gasteiger partial charge in [0.05, 0.1) is 16.5 Å². The van der Waals surface area contributed by atoms with E-state index in [0.717, 1.165) is 12.8 Å². The molecule has 3 rings (SSSR count). The molecule has 0 saturated carbocycles. The van der Waals surface area contributed by atoms with Gasteiger partial charge in [-0.05, 0) is 49.2 Å². The van der Waals surface area contributed by atoms with E-state index in [1.165, 1.54) is 28.6 Å². The monoisotopic (exact) mass is 398 g/mol. The average Bonchev–Trinajstić information content (AvgIpc) is 2.73. The van der Waals surface area contributed by atoms with Crippen molar-refractivity contribution in [2.45, 2.75) is 30.2 Å². The summed E-state index contributed by atoms with van der Waals surface area (Å²) in [4.78, 5) is 12.3. The quantitative estimate of drug-likeness (QED) is 0.808. The smallest absolute Gasteiger partial charge is 0.319 e. The van der Waals surface area contributed by atoms with Crippen molar-refractivity contribution in [3.05, 3.63) is 60.2 Å². The lowest BCUT2D eigenvalue weighted by atomic mass is 10.1. The molecule has 8 heteroatoms. The maximum atomic E-state index is 13.0. The van der Waals surface area contributed by atoms with Crippen molar-refractivity contribution in [3.8, 4) is 6.07 Å². The molecular weight excluding hydrogens is 376 g/mol. The lowest BCUT2D eigenvalue weighted by Crippen LogP contribution is -2.49. The Kier molecular flexibility index (Phi) is 6.29. The molecule has 146 valence electrons. The van der Waals surface area contributed by atoms with E-state index in [4.69, 9.17) is 5.26 Å². The van der Waals surface area contributed by atoms with Crippen LogP contribution in [0.2, 0.25) is 0 Å². The van der Waals surface area contributed by atoms with Crippen molar-refractivity contribution in [2.24, 2.45) is 0 Å². The molecular formula is C20H22N4O3S. The molecule has 1 heterocycles. The van der Waals surface area contributed by atoms with Gasteiger partial charge >= 0.3 is 6.03 Å². The van der Waals surface area contributed by atoms with Crippen LogP contribution in [0, 0.1) is 11.3 Å². The van der Waals surface area contributed by atoms with Crippen LogP contribution in [0.5, 0.6) is 0 Å². The lowest BCUT2D eigenvalue weighted by molar-refractivity contribution is 0.231. The standard InChI is InChI=1S/C20H22N4O3S/c21-14-16-9-11-19(12-10-16)28(26,27)24-13-5-4-8-18(24)15-22-20(25)23-17-6-2-1-3-7-17/h1-3,6-7,9-12,18H,4-5,8,13,15H2,(H2,22,23,25). The molecule has 1 saturated heterocycles. The Morgan fingerprint density at radius 1 is 1.11 bits per heavy atom. The van der Waals surface area contributed by atoms with E-state index in [2.05, 4.69) is 10.6 Å². The van der Waals surface area contributed by atoms with E-state index in [-0.39, 0.29) is 23.5 Å². The summed E-state index contributed by atoms with van der Waals surface area (Å²) in [6.45, 7) is 0.642. The Bertz CT molecular complexity index is 953. The molecule has 1 aliphatic rings. The summed E-state index contributed by atoms with van der Waals surface area (Å²) >= 11 is 0. The molecule has 0 spiro atoms. The average molecular weight is 398 g/mol. The summed E-state index contributed by atoms with van der Waals surface area (Å²) in [5, 5.41) is 14.4. The summed E-state index contributed by atoms with van der Waals surface area (Å²) in [5.74, 6) is 0. The molecule has 0 aliphatic carbocycles. The fourth-order valence-corrected chi connectivity index (χ4v) is 4.93. The van der Waals surface area contributed by atoms with Crippen molar-refractivity contribution in [2.75, 3.05) is 18.4 Å². The van der Waals surface area contributed by atoms with Gasteiger partial charge in [-0.25, -0.2) is 13.2 Å². The van der Waals surface area contributed by atoms with E-state index in [1.807, 2.05) is 24.3 Å². The molecule has 0 radical (unpaired) electrons. The number of carbonyl (C=O) groups excluding carboxylic acids is 1. The number of nitriles is 1. The highest BCUT2D eigenvalue weighted by atomic mass is 32.2. The number of nitrogens with zero attached hydrogens (tertiary/aromatic N) is 2. The number of anilines is 1. The predicted molar refractivity (Wildman–Crippen MR) is 106 cm³/mol. The van der Waals surface area contributed by atoms with Crippen molar-refractivity contribution in [1.29, 1.82) is 5.26 Å². The summed E-state index contributed by atoms with van der Waals surface area (Å²) in [6.07, 6.45) is 2.37. The van der Waals surface area contributed by atoms with Crippen molar-refractivity contribution in [1.82, 2.24) is 9.62 Å². The third-order valence-corrected chi connectivity index (χ3v) is 6.66. The Labute approximate surface area is 165 Å².